The summed E-state index contributed by atoms with van der Waals surface area (Å²) in [6, 6.07) is 1.23. The van der Waals surface area contributed by atoms with Crippen molar-refractivity contribution in [2.24, 2.45) is 5.16 Å². The summed E-state index contributed by atoms with van der Waals surface area (Å²) in [5, 5.41) is 17.1. The summed E-state index contributed by atoms with van der Waals surface area (Å²) in [6.07, 6.45) is -0.168. The van der Waals surface area contributed by atoms with E-state index < -0.39 is 64.0 Å². The average molecular weight is 504 g/mol. The summed E-state index contributed by atoms with van der Waals surface area (Å²) in [5.74, 6) is -4.30. The Kier molecular flexibility index (Phi) is 5.56. The van der Waals surface area contributed by atoms with Gasteiger partial charge in [-0.1, -0.05) is 11.2 Å². The molecule has 190 valence electrons. The molecule has 0 radical (unpaired) electrons. The number of carbonyl (C=O) groups excluding carboxylic acids is 2. The van der Waals surface area contributed by atoms with Gasteiger partial charge in [0.2, 0.25) is 5.43 Å². The molecule has 1 aromatic heterocycles. The zero-order valence-corrected chi connectivity index (χ0v) is 19.4. The molecule has 3 aliphatic rings. The smallest absolute Gasteiger partial charge is 0.274 e. The minimum atomic E-state index is -1.46. The predicted molar refractivity (Wildman–Crippen MR) is 120 cm³/mol. The third kappa shape index (κ3) is 3.62. The van der Waals surface area contributed by atoms with Gasteiger partial charge in [0.05, 0.1) is 17.8 Å². The Bertz CT molecular complexity index is 1380. The third-order valence-electron chi connectivity index (χ3n) is 7.18. The molecular formula is C24H23F3N4O5. The van der Waals surface area contributed by atoms with Crippen LogP contribution in [0.2, 0.25) is 0 Å². The van der Waals surface area contributed by atoms with Crippen LogP contribution in [0.1, 0.15) is 59.1 Å². The lowest BCUT2D eigenvalue weighted by atomic mass is 9.83. The Hall–Kier alpha value is -3.83. The van der Waals surface area contributed by atoms with Gasteiger partial charge in [0.1, 0.15) is 23.4 Å². The van der Waals surface area contributed by atoms with Crippen molar-refractivity contribution in [2.75, 3.05) is 6.54 Å². The number of aromatic hydroxyl groups is 1. The van der Waals surface area contributed by atoms with Crippen LogP contribution in [0, 0.1) is 11.6 Å². The lowest BCUT2D eigenvalue weighted by Crippen LogP contribution is -2.52. The highest BCUT2D eigenvalue weighted by Crippen LogP contribution is 2.46. The highest BCUT2D eigenvalue weighted by atomic mass is 19.1. The fourth-order valence-electron chi connectivity index (χ4n) is 5.23. The van der Waals surface area contributed by atoms with Gasteiger partial charge in [-0.15, -0.1) is 0 Å². The van der Waals surface area contributed by atoms with Gasteiger partial charge in [0.15, 0.2) is 17.0 Å². The molecule has 3 aliphatic heterocycles. The van der Waals surface area contributed by atoms with Crippen LogP contribution in [0.25, 0.3) is 0 Å². The summed E-state index contributed by atoms with van der Waals surface area (Å²) < 4.78 is 43.6. The normalized spacial score (nSPS) is 26.8. The summed E-state index contributed by atoms with van der Waals surface area (Å²) in [5.41, 5.74) is -2.58. The molecule has 2 amide bonds. The van der Waals surface area contributed by atoms with Crippen LogP contribution in [0.4, 0.5) is 13.2 Å². The molecule has 1 aromatic carbocycles. The van der Waals surface area contributed by atoms with Crippen molar-refractivity contribution in [1.29, 1.82) is 0 Å². The number of pyridine rings is 1. The van der Waals surface area contributed by atoms with Gasteiger partial charge in [-0.2, -0.15) is 0 Å². The Labute approximate surface area is 203 Å². The van der Waals surface area contributed by atoms with Crippen LogP contribution < -0.4 is 10.7 Å². The number of alkyl halides is 1. The maximum atomic E-state index is 15.2. The van der Waals surface area contributed by atoms with E-state index in [1.54, 1.807) is 13.8 Å². The fourth-order valence-corrected chi connectivity index (χ4v) is 5.23. The van der Waals surface area contributed by atoms with E-state index in [4.69, 9.17) is 4.84 Å². The van der Waals surface area contributed by atoms with E-state index in [-0.39, 0.29) is 37.2 Å². The number of oxime groups is 1. The van der Waals surface area contributed by atoms with Gasteiger partial charge in [-0.25, -0.2) is 13.2 Å². The minimum absolute atomic E-state index is 0.0143. The van der Waals surface area contributed by atoms with E-state index in [0.29, 0.717) is 11.8 Å². The molecule has 1 saturated heterocycles. The highest BCUT2D eigenvalue weighted by Gasteiger charge is 2.56. The summed E-state index contributed by atoms with van der Waals surface area (Å²) in [6.45, 7) is 2.92. The molecule has 12 heteroatoms. The maximum Gasteiger partial charge on any atom is 0.274 e. The van der Waals surface area contributed by atoms with Gasteiger partial charge >= 0.3 is 0 Å². The van der Waals surface area contributed by atoms with Crippen LogP contribution in [0.15, 0.2) is 34.3 Å². The van der Waals surface area contributed by atoms with Crippen LogP contribution >= 0.6 is 0 Å². The van der Waals surface area contributed by atoms with Gasteiger partial charge in [-0.3, -0.25) is 14.4 Å². The molecular weight excluding hydrogens is 481 g/mol. The summed E-state index contributed by atoms with van der Waals surface area (Å²) >= 11 is 0. The van der Waals surface area contributed by atoms with Crippen molar-refractivity contribution in [1.82, 2.24) is 14.8 Å². The zero-order chi connectivity index (χ0) is 25.9. The molecule has 4 heterocycles. The molecule has 2 aromatic rings. The fraction of sp³-hybridized carbons (Fsp3) is 0.417. The second-order valence-corrected chi connectivity index (χ2v) is 9.49. The van der Waals surface area contributed by atoms with Gasteiger partial charge in [-0.05, 0) is 19.9 Å². The first kappa shape index (κ1) is 23.9. The lowest BCUT2D eigenvalue weighted by Gasteiger charge is -2.41. The largest absolute Gasteiger partial charge is 0.503 e. The lowest BCUT2D eigenvalue weighted by molar-refractivity contribution is -0.0725. The molecule has 0 aliphatic carbocycles. The van der Waals surface area contributed by atoms with E-state index >= 15 is 4.39 Å². The Morgan fingerprint density at radius 2 is 2.08 bits per heavy atom. The first-order valence-electron chi connectivity index (χ1n) is 11.4. The van der Waals surface area contributed by atoms with E-state index in [0.717, 1.165) is 18.3 Å². The van der Waals surface area contributed by atoms with E-state index in [1.807, 2.05) is 0 Å². The van der Waals surface area contributed by atoms with Crippen LogP contribution in [-0.4, -0.2) is 56.5 Å². The van der Waals surface area contributed by atoms with Crippen LogP contribution in [0.3, 0.4) is 0 Å². The SMILES string of the molecule is CC1=NOC2(C1)CC(F)C(C)N1CC2n2cc(C(=O)NCc3ccc(F)cc3F)c(=O)c(O)c2C1=O. The maximum absolute atomic E-state index is 15.2. The second kappa shape index (κ2) is 8.38. The first-order chi connectivity index (χ1) is 17.0. The number of nitrogens with zero attached hydrogens (tertiary/aromatic N) is 3. The van der Waals surface area contributed by atoms with Gasteiger partial charge < -0.3 is 24.7 Å². The van der Waals surface area contributed by atoms with E-state index in [1.165, 1.54) is 9.47 Å². The van der Waals surface area contributed by atoms with Crippen molar-refractivity contribution < 1.29 is 32.7 Å². The van der Waals surface area contributed by atoms with E-state index in [2.05, 4.69) is 10.5 Å². The van der Waals surface area contributed by atoms with Crippen molar-refractivity contribution in [3.8, 4) is 5.75 Å². The van der Waals surface area contributed by atoms with Crippen molar-refractivity contribution >= 4 is 17.5 Å². The number of hydrogen-bond acceptors (Lipinski definition) is 6. The molecule has 9 nitrogen and oxygen atoms in total. The molecule has 1 fully saturated rings. The monoisotopic (exact) mass is 504 g/mol. The number of amides is 2. The average Bonchev–Trinajstić information content (AvgIpc) is 3.16. The number of fused-ring (bicyclic) bond motifs is 5. The second-order valence-electron chi connectivity index (χ2n) is 9.49. The van der Waals surface area contributed by atoms with Crippen molar-refractivity contribution in [3.05, 3.63) is 63.1 Å². The summed E-state index contributed by atoms with van der Waals surface area (Å²) in [7, 11) is 0. The minimum Gasteiger partial charge on any atom is -0.503 e. The standard InChI is InChI=1S/C24H23F3N4O5/c1-11-6-24(36-29-11)7-17(27)12(2)30-10-18(24)31-9-15(20(32)21(33)19(31)23(30)35)22(34)28-8-13-3-4-14(25)5-16(13)26/h3-5,9,12,17-18,33H,6-8,10H2,1-2H3,(H,28,34). The molecule has 4 atom stereocenters. The van der Waals surface area contributed by atoms with Crippen LogP contribution in [0.5, 0.6) is 5.75 Å². The topological polar surface area (TPSA) is 113 Å². The number of benzene rings is 1. The number of nitrogens with one attached hydrogen (secondary N) is 1. The molecule has 5 rings (SSSR count). The number of rotatable bonds is 3. The number of carbonyl (C=O) groups is 2. The third-order valence-corrected chi connectivity index (χ3v) is 7.18. The van der Waals surface area contributed by atoms with Gasteiger partial charge in [0, 0.05) is 43.8 Å². The predicted octanol–water partition coefficient (Wildman–Crippen LogP) is 2.42. The molecule has 2 bridgehead atoms. The Balaban J connectivity index is 1.56. The number of halogens is 3. The molecule has 36 heavy (non-hydrogen) atoms. The molecule has 0 saturated carbocycles. The molecule has 2 N–H and O–H groups in total. The van der Waals surface area contributed by atoms with Crippen molar-refractivity contribution in [3.63, 3.8) is 0 Å². The van der Waals surface area contributed by atoms with Gasteiger partial charge in [0.25, 0.3) is 11.8 Å². The molecule has 1 spiro atoms. The Morgan fingerprint density at radius 3 is 2.75 bits per heavy atom. The Morgan fingerprint density at radius 1 is 1.33 bits per heavy atom. The van der Waals surface area contributed by atoms with E-state index in [9.17, 15) is 28.3 Å². The quantitative estimate of drug-likeness (QED) is 0.667. The number of hydrogen-bond donors (Lipinski definition) is 2. The highest BCUT2D eigenvalue weighted by molar-refractivity contribution is 5.99. The van der Waals surface area contributed by atoms with Crippen LogP contribution in [-0.2, 0) is 11.4 Å². The first-order valence-corrected chi connectivity index (χ1v) is 11.4. The number of aromatic nitrogens is 1. The zero-order valence-electron chi connectivity index (χ0n) is 19.4. The molecule has 4 unspecified atom stereocenters. The summed E-state index contributed by atoms with van der Waals surface area (Å²) in [4.78, 5) is 46.0. The van der Waals surface area contributed by atoms with Crippen molar-refractivity contribution in [2.45, 2.75) is 57.1 Å².